The summed E-state index contributed by atoms with van der Waals surface area (Å²) in [4.78, 5) is 9.70. The third kappa shape index (κ3) is 4.53. The number of hydrogen-bond acceptors (Lipinski definition) is 3. The lowest BCUT2D eigenvalue weighted by Gasteiger charge is -2.30. The highest BCUT2D eigenvalue weighted by Gasteiger charge is 2.51. The van der Waals surface area contributed by atoms with E-state index < -0.39 is 5.41 Å². The largest absolute Gasteiger partial charge is 0.457 e. The molecule has 0 aliphatic heterocycles. The second kappa shape index (κ2) is 11.9. The first-order chi connectivity index (χ1) is 28.4. The van der Waals surface area contributed by atoms with Crippen molar-refractivity contribution in [2.45, 2.75) is 31.6 Å². The lowest BCUT2D eigenvalue weighted by molar-refractivity contribution is 0.483. The van der Waals surface area contributed by atoms with Crippen LogP contribution in [0.25, 0.3) is 66.6 Å². The summed E-state index contributed by atoms with van der Waals surface area (Å²) in [6, 6.07) is 59.1. The average molecular weight is 747 g/mol. The number of benzene rings is 7. The van der Waals surface area contributed by atoms with Crippen molar-refractivity contribution in [2.24, 2.45) is 0 Å². The number of pyridine rings is 1. The van der Waals surface area contributed by atoms with Crippen LogP contribution < -0.4 is 4.74 Å². The van der Waals surface area contributed by atoms with Crippen molar-refractivity contribution >= 4 is 32.8 Å². The molecule has 0 fully saturated rings. The molecule has 1 spiro atoms. The third-order valence-corrected chi connectivity index (χ3v) is 12.5. The number of hydrogen-bond donors (Lipinski definition) is 0. The second-order valence-electron chi connectivity index (χ2n) is 16.7. The van der Waals surface area contributed by atoms with Gasteiger partial charge in [0, 0.05) is 29.1 Å². The molecule has 7 aromatic carbocycles. The Morgan fingerprint density at radius 1 is 0.500 bits per heavy atom. The molecule has 2 aliphatic rings. The maximum absolute atomic E-state index is 6.72. The summed E-state index contributed by atoms with van der Waals surface area (Å²) in [5.41, 5.74) is 16.3. The van der Waals surface area contributed by atoms with Crippen molar-refractivity contribution in [1.29, 1.82) is 0 Å². The Balaban J connectivity index is 1.10. The van der Waals surface area contributed by atoms with Gasteiger partial charge in [0.1, 0.15) is 23.6 Å². The molecule has 2 aliphatic carbocycles. The van der Waals surface area contributed by atoms with Crippen LogP contribution in [0.5, 0.6) is 11.5 Å². The first kappa shape index (κ1) is 33.0. The van der Waals surface area contributed by atoms with Crippen LogP contribution >= 0.6 is 0 Å². The van der Waals surface area contributed by atoms with Crippen LogP contribution in [0.4, 0.5) is 0 Å². The van der Waals surface area contributed by atoms with E-state index in [2.05, 4.69) is 168 Å². The zero-order valence-electron chi connectivity index (χ0n) is 32.4. The quantitative estimate of drug-likeness (QED) is 0.180. The summed E-state index contributed by atoms with van der Waals surface area (Å²) in [5.74, 6) is 2.39. The highest BCUT2D eigenvalue weighted by Crippen LogP contribution is 2.63. The van der Waals surface area contributed by atoms with Gasteiger partial charge in [0.15, 0.2) is 0 Å². The number of para-hydroxylation sites is 2. The Hall–Kier alpha value is -7.24. The third-order valence-electron chi connectivity index (χ3n) is 12.5. The first-order valence-electron chi connectivity index (χ1n) is 20.0. The van der Waals surface area contributed by atoms with Gasteiger partial charge in [-0.3, -0.25) is 9.13 Å². The number of rotatable bonds is 4. The maximum atomic E-state index is 6.72. The van der Waals surface area contributed by atoms with Gasteiger partial charge in [0.2, 0.25) is 0 Å². The maximum Gasteiger partial charge on any atom is 0.137 e. The number of nitrogens with zero attached hydrogens (tertiary/aromatic N) is 4. The van der Waals surface area contributed by atoms with Gasteiger partial charge in [-0.25, -0.2) is 9.97 Å². The fraction of sp³-hybridized carbons (Fsp3) is 0.0943. The van der Waals surface area contributed by atoms with Crippen LogP contribution in [-0.4, -0.2) is 19.1 Å². The minimum absolute atomic E-state index is 0.0550. The van der Waals surface area contributed by atoms with E-state index >= 15 is 0 Å². The zero-order valence-corrected chi connectivity index (χ0v) is 32.4. The number of ether oxygens (including phenoxy) is 1. The fourth-order valence-electron chi connectivity index (χ4n) is 9.90. The van der Waals surface area contributed by atoms with Crippen LogP contribution in [0, 0.1) is 0 Å². The molecule has 0 bridgehead atoms. The van der Waals surface area contributed by atoms with Crippen LogP contribution in [0.15, 0.2) is 176 Å². The fourth-order valence-corrected chi connectivity index (χ4v) is 9.90. The lowest BCUT2D eigenvalue weighted by Crippen LogP contribution is -2.25. The lowest BCUT2D eigenvalue weighted by atomic mass is 9.70. The molecular weight excluding hydrogens is 709 g/mol. The molecule has 3 heterocycles. The summed E-state index contributed by atoms with van der Waals surface area (Å²) in [5, 5.41) is 2.33. The van der Waals surface area contributed by atoms with E-state index in [0.717, 1.165) is 50.5 Å². The van der Waals surface area contributed by atoms with E-state index in [0.29, 0.717) is 0 Å². The summed E-state index contributed by atoms with van der Waals surface area (Å²) >= 11 is 0. The Labute approximate surface area is 336 Å². The molecular formula is C53H38N4O. The van der Waals surface area contributed by atoms with Gasteiger partial charge in [-0.2, -0.15) is 0 Å². The SMILES string of the molecule is CC(C)(C)c1ccnc(-n2c3cc(Oc4cccc(-n5cnc6ccccc65)c4)ccc3c3cc4c(cc32)C2(c3ccccc3-c3ccccc32)c2ccccc2-4)c1. The summed E-state index contributed by atoms with van der Waals surface area (Å²) in [7, 11) is 0. The molecule has 0 amide bonds. The molecule has 0 unspecified atom stereocenters. The molecule has 10 aromatic rings. The van der Waals surface area contributed by atoms with Gasteiger partial charge in [-0.05, 0) is 116 Å². The molecule has 0 saturated carbocycles. The van der Waals surface area contributed by atoms with Gasteiger partial charge in [-0.15, -0.1) is 0 Å². The molecule has 5 nitrogen and oxygen atoms in total. The summed E-state index contributed by atoms with van der Waals surface area (Å²) in [6.07, 6.45) is 3.82. The molecule has 276 valence electrons. The molecule has 3 aromatic heterocycles. The van der Waals surface area contributed by atoms with E-state index in [4.69, 9.17) is 9.72 Å². The Morgan fingerprint density at radius 2 is 1.16 bits per heavy atom. The van der Waals surface area contributed by atoms with E-state index in [1.165, 1.54) is 55.5 Å². The van der Waals surface area contributed by atoms with Crippen molar-refractivity contribution in [3.63, 3.8) is 0 Å². The standard InChI is InChI=1S/C53H38N4O/c1-52(2,3)33-25-26-54-51(27-33)57-49-29-36(58-35-14-12-13-34(28-35)56-32-55-47-21-10-11-22-48(47)56)23-24-40(49)42-30-41-39-17-6-9-20-45(39)53(46(41)31-50(42)57)43-18-7-4-15-37(43)38-16-5-8-19-44(38)53/h4-32H,1-3H3. The van der Waals surface area contributed by atoms with E-state index in [1.54, 1.807) is 0 Å². The van der Waals surface area contributed by atoms with Crippen molar-refractivity contribution in [3.8, 4) is 45.3 Å². The summed E-state index contributed by atoms with van der Waals surface area (Å²) < 4.78 is 11.2. The molecule has 0 radical (unpaired) electrons. The van der Waals surface area contributed by atoms with Crippen molar-refractivity contribution in [2.75, 3.05) is 0 Å². The number of aromatic nitrogens is 4. The van der Waals surface area contributed by atoms with Crippen molar-refractivity contribution in [3.05, 3.63) is 204 Å². The molecule has 0 N–H and O–H groups in total. The summed E-state index contributed by atoms with van der Waals surface area (Å²) in [6.45, 7) is 6.77. The average Bonchev–Trinajstić information content (AvgIpc) is 3.98. The smallest absolute Gasteiger partial charge is 0.137 e. The number of fused-ring (bicyclic) bond motifs is 14. The molecule has 0 saturated heterocycles. The van der Waals surface area contributed by atoms with Crippen molar-refractivity contribution < 1.29 is 4.74 Å². The highest BCUT2D eigenvalue weighted by atomic mass is 16.5. The topological polar surface area (TPSA) is 44.9 Å². The van der Waals surface area contributed by atoms with E-state index in [1.807, 2.05) is 42.9 Å². The predicted molar refractivity (Wildman–Crippen MR) is 235 cm³/mol. The van der Waals surface area contributed by atoms with Crippen LogP contribution in [0.1, 0.15) is 48.6 Å². The highest BCUT2D eigenvalue weighted by molar-refractivity contribution is 6.12. The van der Waals surface area contributed by atoms with Crippen LogP contribution in [0.3, 0.4) is 0 Å². The monoisotopic (exact) mass is 746 g/mol. The molecule has 58 heavy (non-hydrogen) atoms. The Morgan fingerprint density at radius 3 is 1.90 bits per heavy atom. The van der Waals surface area contributed by atoms with Gasteiger partial charge in [-0.1, -0.05) is 112 Å². The van der Waals surface area contributed by atoms with Gasteiger partial charge < -0.3 is 4.74 Å². The number of imidazole rings is 1. The Bertz CT molecular complexity index is 3280. The van der Waals surface area contributed by atoms with E-state index in [9.17, 15) is 0 Å². The minimum Gasteiger partial charge on any atom is -0.457 e. The van der Waals surface area contributed by atoms with Gasteiger partial charge >= 0.3 is 0 Å². The zero-order chi connectivity index (χ0) is 38.8. The molecule has 12 rings (SSSR count). The minimum atomic E-state index is -0.449. The molecule has 0 atom stereocenters. The second-order valence-corrected chi connectivity index (χ2v) is 16.7. The van der Waals surface area contributed by atoms with Crippen LogP contribution in [-0.2, 0) is 10.8 Å². The first-order valence-corrected chi connectivity index (χ1v) is 20.0. The molecule has 5 heteroatoms. The normalized spacial score (nSPS) is 13.6. The Kier molecular flexibility index (Phi) is 6.75. The predicted octanol–water partition coefficient (Wildman–Crippen LogP) is 13.0. The van der Waals surface area contributed by atoms with Crippen molar-refractivity contribution in [1.82, 2.24) is 19.1 Å². The van der Waals surface area contributed by atoms with Gasteiger partial charge in [0.25, 0.3) is 0 Å². The van der Waals surface area contributed by atoms with Gasteiger partial charge in [0.05, 0.1) is 33.2 Å². The van der Waals surface area contributed by atoms with E-state index in [-0.39, 0.29) is 5.41 Å². The van der Waals surface area contributed by atoms with Crippen LogP contribution in [0.2, 0.25) is 0 Å².